The topological polar surface area (TPSA) is 0 Å². The van der Waals surface area contributed by atoms with Gasteiger partial charge in [0, 0.05) is 5.92 Å². The van der Waals surface area contributed by atoms with Crippen molar-refractivity contribution in [1.29, 1.82) is 0 Å². The van der Waals surface area contributed by atoms with Gasteiger partial charge < -0.3 is 0 Å². The Morgan fingerprint density at radius 3 is 2.43 bits per heavy atom. The van der Waals surface area contributed by atoms with Crippen molar-refractivity contribution in [2.45, 2.75) is 72.1 Å². The average Bonchev–Trinajstić information content (AvgIpc) is 2.48. The van der Waals surface area contributed by atoms with Crippen molar-refractivity contribution in [3.8, 4) is 0 Å². The van der Waals surface area contributed by atoms with E-state index in [1.165, 1.54) is 49.7 Å². The largest absolute Gasteiger partial charge is 0.0778 e. The third-order valence-electron chi connectivity index (χ3n) is 5.09. The van der Waals surface area contributed by atoms with Crippen LogP contribution in [-0.4, -0.2) is 0 Å². The van der Waals surface area contributed by atoms with Crippen molar-refractivity contribution in [1.82, 2.24) is 0 Å². The smallest absolute Gasteiger partial charge is 0.00513 e. The minimum atomic E-state index is 0.628. The van der Waals surface area contributed by atoms with Crippen molar-refractivity contribution in [2.75, 3.05) is 0 Å². The second kappa shape index (κ2) is 7.82. The molecule has 0 aliphatic heterocycles. The molecule has 1 aromatic rings. The molecule has 1 aromatic carbocycles. The fourth-order valence-corrected chi connectivity index (χ4v) is 3.66. The summed E-state index contributed by atoms with van der Waals surface area (Å²) in [7, 11) is 0. The predicted molar refractivity (Wildman–Crippen MR) is 93.7 cm³/mol. The first-order chi connectivity index (χ1) is 10.1. The maximum Gasteiger partial charge on any atom is 0.00513 e. The molecule has 0 saturated heterocycles. The average molecular weight is 284 g/mol. The lowest BCUT2D eigenvalue weighted by Crippen LogP contribution is -2.21. The Balaban J connectivity index is 2.10. The Morgan fingerprint density at radius 1 is 1.10 bits per heavy atom. The summed E-state index contributed by atoms with van der Waals surface area (Å²) >= 11 is 0. The molecule has 0 amide bonds. The summed E-state index contributed by atoms with van der Waals surface area (Å²) in [6.45, 7) is 9.33. The van der Waals surface area contributed by atoms with Crippen LogP contribution >= 0.6 is 0 Å². The van der Waals surface area contributed by atoms with E-state index in [2.05, 4.69) is 58.0 Å². The monoisotopic (exact) mass is 284 g/mol. The molecule has 0 heteroatoms. The summed E-state index contributed by atoms with van der Waals surface area (Å²) in [4.78, 5) is 0. The highest BCUT2D eigenvalue weighted by molar-refractivity contribution is 5.31. The van der Waals surface area contributed by atoms with Gasteiger partial charge in [-0.3, -0.25) is 0 Å². The maximum absolute atomic E-state index is 2.53. The highest BCUT2D eigenvalue weighted by Gasteiger charge is 2.27. The zero-order chi connectivity index (χ0) is 15.2. The molecule has 0 saturated carbocycles. The van der Waals surface area contributed by atoms with E-state index >= 15 is 0 Å². The molecule has 0 fully saturated rings. The van der Waals surface area contributed by atoms with Crippen LogP contribution in [0.3, 0.4) is 0 Å². The zero-order valence-corrected chi connectivity index (χ0v) is 14.4. The lowest BCUT2D eigenvalue weighted by atomic mass is 9.72. The number of hydrogen-bond donors (Lipinski definition) is 0. The van der Waals surface area contributed by atoms with Crippen LogP contribution in [0.5, 0.6) is 0 Å². The summed E-state index contributed by atoms with van der Waals surface area (Å²) in [5.41, 5.74) is 4.60. The van der Waals surface area contributed by atoms with E-state index in [1.807, 2.05) is 0 Å². The lowest BCUT2D eigenvalue weighted by molar-refractivity contribution is 0.315. The van der Waals surface area contributed by atoms with Gasteiger partial charge in [0.2, 0.25) is 0 Å². The molecule has 2 rings (SSSR count). The van der Waals surface area contributed by atoms with Gasteiger partial charge >= 0.3 is 0 Å². The van der Waals surface area contributed by atoms with Gasteiger partial charge in [-0.2, -0.15) is 0 Å². The summed E-state index contributed by atoms with van der Waals surface area (Å²) < 4.78 is 0. The normalized spacial score (nSPS) is 22.4. The third-order valence-corrected chi connectivity index (χ3v) is 5.09. The third kappa shape index (κ3) is 4.46. The van der Waals surface area contributed by atoms with Crippen molar-refractivity contribution >= 4 is 0 Å². The van der Waals surface area contributed by atoms with Gasteiger partial charge in [0.25, 0.3) is 0 Å². The van der Waals surface area contributed by atoms with Gasteiger partial charge in [0.15, 0.2) is 0 Å². The van der Waals surface area contributed by atoms with Gasteiger partial charge in [-0.25, -0.2) is 0 Å². The summed E-state index contributed by atoms with van der Waals surface area (Å²) in [6.07, 6.45) is 10.4. The second-order valence-corrected chi connectivity index (χ2v) is 7.18. The van der Waals surface area contributed by atoms with Crippen molar-refractivity contribution < 1.29 is 0 Å². The highest BCUT2D eigenvalue weighted by atomic mass is 14.3. The molecule has 0 N–H and O–H groups in total. The molecule has 0 aromatic heterocycles. The Hall–Kier alpha value is -1.04. The van der Waals surface area contributed by atoms with E-state index < -0.39 is 0 Å². The van der Waals surface area contributed by atoms with Crippen LogP contribution in [0.1, 0.15) is 76.8 Å². The molecule has 116 valence electrons. The first-order valence-electron chi connectivity index (χ1n) is 8.88. The molecule has 0 bridgehead atoms. The van der Waals surface area contributed by atoms with Gasteiger partial charge in [-0.15, -0.1) is 0 Å². The molecule has 0 heterocycles. The Kier molecular flexibility index (Phi) is 6.08. The standard InChI is InChI=1S/C21H32/c1-5-6-7-8-18-10-12-19(13-11-18)21-15-17(4)9-14-20(21)16(2)3/h10-13,15-16,20-21H,5-9,14H2,1-4H3. The molecule has 0 nitrogen and oxygen atoms in total. The Morgan fingerprint density at radius 2 is 1.81 bits per heavy atom. The highest BCUT2D eigenvalue weighted by Crippen LogP contribution is 2.40. The van der Waals surface area contributed by atoms with Crippen LogP contribution in [-0.2, 0) is 6.42 Å². The molecular formula is C21H32. The number of allylic oxidation sites excluding steroid dienone is 2. The SMILES string of the molecule is CCCCCc1ccc(C2C=C(C)CCC2C(C)C)cc1. The van der Waals surface area contributed by atoms with Crippen LogP contribution in [0.15, 0.2) is 35.9 Å². The molecule has 0 radical (unpaired) electrons. The quantitative estimate of drug-likeness (QED) is 0.412. The minimum Gasteiger partial charge on any atom is -0.0778 e. The number of unbranched alkanes of at least 4 members (excludes halogenated alkanes) is 2. The molecular weight excluding hydrogens is 252 g/mol. The van der Waals surface area contributed by atoms with Crippen LogP contribution in [0.4, 0.5) is 0 Å². The fraction of sp³-hybridized carbons (Fsp3) is 0.619. The summed E-state index contributed by atoms with van der Waals surface area (Å²) in [5.74, 6) is 2.20. The van der Waals surface area contributed by atoms with Crippen LogP contribution in [0, 0.1) is 11.8 Å². The molecule has 21 heavy (non-hydrogen) atoms. The number of benzene rings is 1. The van der Waals surface area contributed by atoms with Crippen molar-refractivity contribution in [3.63, 3.8) is 0 Å². The molecule has 2 atom stereocenters. The molecule has 0 spiro atoms. The van der Waals surface area contributed by atoms with E-state index in [-0.39, 0.29) is 0 Å². The summed E-state index contributed by atoms with van der Waals surface area (Å²) in [5, 5.41) is 0. The van der Waals surface area contributed by atoms with Gasteiger partial charge in [-0.1, -0.05) is 69.5 Å². The predicted octanol–water partition coefficient (Wildman–Crippen LogP) is 6.52. The van der Waals surface area contributed by atoms with E-state index in [9.17, 15) is 0 Å². The lowest BCUT2D eigenvalue weighted by Gasteiger charge is -2.33. The minimum absolute atomic E-state index is 0.628. The van der Waals surface area contributed by atoms with Gasteiger partial charge in [0.05, 0.1) is 0 Å². The van der Waals surface area contributed by atoms with Crippen LogP contribution < -0.4 is 0 Å². The first-order valence-corrected chi connectivity index (χ1v) is 8.88. The van der Waals surface area contributed by atoms with E-state index in [4.69, 9.17) is 0 Å². The first kappa shape index (κ1) is 16.3. The van der Waals surface area contributed by atoms with E-state index in [0.717, 1.165) is 11.8 Å². The fourth-order valence-electron chi connectivity index (χ4n) is 3.66. The van der Waals surface area contributed by atoms with Crippen LogP contribution in [0.25, 0.3) is 0 Å². The zero-order valence-electron chi connectivity index (χ0n) is 14.4. The maximum atomic E-state index is 2.53. The van der Waals surface area contributed by atoms with Gasteiger partial charge in [-0.05, 0) is 55.6 Å². The van der Waals surface area contributed by atoms with E-state index in [0.29, 0.717) is 5.92 Å². The number of hydrogen-bond acceptors (Lipinski definition) is 0. The summed E-state index contributed by atoms with van der Waals surface area (Å²) in [6, 6.07) is 9.49. The van der Waals surface area contributed by atoms with Gasteiger partial charge in [0.1, 0.15) is 0 Å². The Bertz CT molecular complexity index is 449. The second-order valence-electron chi connectivity index (χ2n) is 7.18. The number of aryl methyl sites for hydroxylation is 1. The van der Waals surface area contributed by atoms with Crippen LogP contribution in [0.2, 0.25) is 0 Å². The molecule has 1 aliphatic carbocycles. The number of rotatable bonds is 6. The molecule has 2 unspecified atom stereocenters. The Labute approximate surface area is 131 Å². The van der Waals surface area contributed by atoms with Crippen molar-refractivity contribution in [3.05, 3.63) is 47.0 Å². The van der Waals surface area contributed by atoms with Crippen molar-refractivity contribution in [2.24, 2.45) is 11.8 Å². The van der Waals surface area contributed by atoms with E-state index in [1.54, 1.807) is 5.57 Å². The molecule has 1 aliphatic rings.